The van der Waals surface area contributed by atoms with Crippen LogP contribution >= 0.6 is 0 Å². The van der Waals surface area contributed by atoms with Gasteiger partial charge in [0.05, 0.1) is 12.7 Å². The summed E-state index contributed by atoms with van der Waals surface area (Å²) in [5, 5.41) is 4.38. The molecule has 4 heterocycles. The average molecular weight is 350 g/mol. The van der Waals surface area contributed by atoms with Crippen LogP contribution in [0.25, 0.3) is 0 Å². The minimum atomic E-state index is 0.479. The molecule has 1 fully saturated rings. The van der Waals surface area contributed by atoms with E-state index in [1.165, 1.54) is 35.5 Å². The van der Waals surface area contributed by atoms with Gasteiger partial charge in [0.15, 0.2) is 0 Å². The van der Waals surface area contributed by atoms with Crippen molar-refractivity contribution in [3.05, 3.63) is 65.8 Å². The Labute approximate surface area is 154 Å². The van der Waals surface area contributed by atoms with Gasteiger partial charge in [-0.15, -0.1) is 0 Å². The van der Waals surface area contributed by atoms with Gasteiger partial charge in [0.1, 0.15) is 5.82 Å². The molecule has 1 atom stereocenters. The van der Waals surface area contributed by atoms with Gasteiger partial charge in [0.25, 0.3) is 0 Å². The normalized spacial score (nSPS) is 18.3. The van der Waals surface area contributed by atoms with E-state index in [1.54, 1.807) is 0 Å². The fourth-order valence-corrected chi connectivity index (χ4v) is 3.85. The van der Waals surface area contributed by atoms with Gasteiger partial charge in [-0.05, 0) is 37.9 Å². The molecule has 1 aliphatic rings. The molecule has 4 rings (SSSR count). The van der Waals surface area contributed by atoms with Crippen molar-refractivity contribution in [2.24, 2.45) is 7.05 Å². The maximum Gasteiger partial charge on any atom is 0.113 e. The van der Waals surface area contributed by atoms with Crippen LogP contribution in [-0.2, 0) is 20.1 Å². The average Bonchev–Trinajstić information content (AvgIpc) is 3.25. The zero-order valence-electron chi connectivity index (χ0n) is 15.5. The molecule has 1 saturated heterocycles. The van der Waals surface area contributed by atoms with Gasteiger partial charge in [0.2, 0.25) is 0 Å². The first-order valence-electron chi connectivity index (χ1n) is 9.30. The summed E-state index contributed by atoms with van der Waals surface area (Å²) in [5.41, 5.74) is 3.79. The molecule has 6 heteroatoms. The van der Waals surface area contributed by atoms with Crippen molar-refractivity contribution in [1.82, 2.24) is 29.2 Å². The third-order valence-corrected chi connectivity index (χ3v) is 5.42. The Morgan fingerprint density at radius 2 is 2.12 bits per heavy atom. The largest absolute Gasteiger partial charge is 0.330 e. The lowest BCUT2D eigenvalue weighted by atomic mass is 9.96. The summed E-state index contributed by atoms with van der Waals surface area (Å²) in [7, 11) is 2.01. The highest BCUT2D eigenvalue weighted by atomic mass is 15.3. The lowest BCUT2D eigenvalue weighted by Gasteiger charge is -2.32. The Morgan fingerprint density at radius 1 is 1.19 bits per heavy atom. The van der Waals surface area contributed by atoms with Crippen LogP contribution in [0.3, 0.4) is 0 Å². The van der Waals surface area contributed by atoms with E-state index >= 15 is 0 Å². The second kappa shape index (κ2) is 7.41. The van der Waals surface area contributed by atoms with Gasteiger partial charge in [-0.2, -0.15) is 5.10 Å². The number of hydrogen-bond acceptors (Lipinski definition) is 4. The predicted octanol–water partition coefficient (Wildman–Crippen LogP) is 2.75. The summed E-state index contributed by atoms with van der Waals surface area (Å²) >= 11 is 0. The lowest BCUT2D eigenvalue weighted by Crippen LogP contribution is -2.35. The first-order valence-corrected chi connectivity index (χ1v) is 9.30. The smallest absolute Gasteiger partial charge is 0.113 e. The number of pyridine rings is 1. The van der Waals surface area contributed by atoms with Crippen LogP contribution in [0.1, 0.15) is 41.4 Å². The molecule has 26 heavy (non-hydrogen) atoms. The first kappa shape index (κ1) is 17.0. The second-order valence-electron chi connectivity index (χ2n) is 7.23. The maximum absolute atomic E-state index is 4.70. The van der Waals surface area contributed by atoms with E-state index in [4.69, 9.17) is 4.98 Å². The Balaban J connectivity index is 1.47. The molecule has 0 bridgehead atoms. The maximum atomic E-state index is 4.70. The molecule has 0 aromatic carbocycles. The van der Waals surface area contributed by atoms with Crippen LogP contribution in [-0.4, -0.2) is 42.3 Å². The van der Waals surface area contributed by atoms with Gasteiger partial charge in [-0.3, -0.25) is 14.6 Å². The molecule has 0 amide bonds. The van der Waals surface area contributed by atoms with Crippen molar-refractivity contribution in [3.63, 3.8) is 0 Å². The third-order valence-electron chi connectivity index (χ3n) is 5.42. The van der Waals surface area contributed by atoms with Crippen LogP contribution in [0.2, 0.25) is 0 Å². The van der Waals surface area contributed by atoms with Crippen molar-refractivity contribution < 1.29 is 0 Å². The Hall–Kier alpha value is -2.47. The van der Waals surface area contributed by atoms with E-state index in [2.05, 4.69) is 38.7 Å². The molecule has 0 saturated carbocycles. The molecule has 0 N–H and O–H groups in total. The third kappa shape index (κ3) is 3.55. The number of nitrogens with zero attached hydrogens (tertiary/aromatic N) is 6. The van der Waals surface area contributed by atoms with Crippen molar-refractivity contribution in [2.45, 2.75) is 38.8 Å². The number of rotatable bonds is 5. The highest BCUT2D eigenvalue weighted by Crippen LogP contribution is 2.27. The minimum Gasteiger partial charge on any atom is -0.330 e. The first-order chi connectivity index (χ1) is 12.7. The standard InChI is InChI=1S/C20H26N6/c1-16-19(12-23-24(16)2)15-25-9-4-6-18(14-25)20-22-8-10-26(20)13-17-5-3-7-21-11-17/h3,5,7-8,10-12,18H,4,6,9,13-15H2,1-2H3/t18-/m1/s1. The molecule has 3 aromatic heterocycles. The molecule has 0 unspecified atom stereocenters. The molecule has 1 aliphatic heterocycles. The number of aromatic nitrogens is 5. The Kier molecular flexibility index (Phi) is 4.84. The SMILES string of the molecule is Cc1c(CN2CCC[C@@H](c3nccn3Cc3cccnc3)C2)cnn1C. The fraction of sp³-hybridized carbons (Fsp3) is 0.450. The fourth-order valence-electron chi connectivity index (χ4n) is 3.85. The molecule has 0 spiro atoms. The summed E-state index contributed by atoms with van der Waals surface area (Å²) in [5.74, 6) is 1.67. The number of imidazole rings is 1. The van der Waals surface area contributed by atoms with Crippen molar-refractivity contribution in [3.8, 4) is 0 Å². The summed E-state index contributed by atoms with van der Waals surface area (Å²) in [6.07, 6.45) is 12.2. The summed E-state index contributed by atoms with van der Waals surface area (Å²) in [4.78, 5) is 11.5. The summed E-state index contributed by atoms with van der Waals surface area (Å²) < 4.78 is 4.23. The molecule has 3 aromatic rings. The summed E-state index contributed by atoms with van der Waals surface area (Å²) in [6.45, 7) is 6.15. The van der Waals surface area contributed by atoms with Crippen molar-refractivity contribution in [1.29, 1.82) is 0 Å². The van der Waals surface area contributed by atoms with Crippen LogP contribution in [0, 0.1) is 6.92 Å². The van der Waals surface area contributed by atoms with E-state index in [9.17, 15) is 0 Å². The van der Waals surface area contributed by atoms with Gasteiger partial charge in [-0.1, -0.05) is 6.07 Å². The van der Waals surface area contributed by atoms with Crippen LogP contribution in [0.4, 0.5) is 0 Å². The quantitative estimate of drug-likeness (QED) is 0.710. The summed E-state index contributed by atoms with van der Waals surface area (Å²) in [6, 6.07) is 4.11. The van der Waals surface area contributed by atoms with Crippen LogP contribution in [0.5, 0.6) is 0 Å². The van der Waals surface area contributed by atoms with E-state index in [0.717, 1.165) is 26.2 Å². The number of likely N-dealkylation sites (tertiary alicyclic amines) is 1. The second-order valence-corrected chi connectivity index (χ2v) is 7.23. The minimum absolute atomic E-state index is 0.479. The van der Waals surface area contributed by atoms with Gasteiger partial charge < -0.3 is 4.57 Å². The van der Waals surface area contributed by atoms with Gasteiger partial charge >= 0.3 is 0 Å². The topological polar surface area (TPSA) is 51.8 Å². The number of hydrogen-bond donors (Lipinski definition) is 0. The highest BCUT2D eigenvalue weighted by molar-refractivity contribution is 5.16. The van der Waals surface area contributed by atoms with E-state index in [0.29, 0.717) is 5.92 Å². The van der Waals surface area contributed by atoms with Gasteiger partial charge in [-0.25, -0.2) is 4.98 Å². The number of aryl methyl sites for hydroxylation is 1. The molecule has 136 valence electrons. The Bertz CT molecular complexity index is 850. The van der Waals surface area contributed by atoms with Crippen molar-refractivity contribution in [2.75, 3.05) is 13.1 Å². The van der Waals surface area contributed by atoms with Gasteiger partial charge in [0, 0.05) is 62.1 Å². The molecular weight excluding hydrogens is 324 g/mol. The van der Waals surface area contributed by atoms with Crippen molar-refractivity contribution >= 4 is 0 Å². The molecular formula is C20H26N6. The van der Waals surface area contributed by atoms with E-state index < -0.39 is 0 Å². The van der Waals surface area contributed by atoms with E-state index in [-0.39, 0.29) is 0 Å². The molecule has 0 radical (unpaired) electrons. The number of piperidine rings is 1. The van der Waals surface area contributed by atoms with E-state index in [1.807, 2.05) is 42.6 Å². The van der Waals surface area contributed by atoms with Crippen LogP contribution in [0.15, 0.2) is 43.1 Å². The predicted molar refractivity (Wildman–Crippen MR) is 101 cm³/mol. The molecule has 6 nitrogen and oxygen atoms in total. The zero-order chi connectivity index (χ0) is 17.9. The highest BCUT2D eigenvalue weighted by Gasteiger charge is 2.25. The lowest BCUT2D eigenvalue weighted by molar-refractivity contribution is 0.194. The van der Waals surface area contributed by atoms with Crippen LogP contribution < -0.4 is 0 Å². The molecule has 0 aliphatic carbocycles. The monoisotopic (exact) mass is 350 g/mol. The zero-order valence-corrected chi connectivity index (χ0v) is 15.5. The Morgan fingerprint density at radius 3 is 2.88 bits per heavy atom.